The minimum atomic E-state index is -3.75. The van der Waals surface area contributed by atoms with Crippen LogP contribution >= 0.6 is 0 Å². The van der Waals surface area contributed by atoms with Crippen molar-refractivity contribution in [3.8, 4) is 5.75 Å². The number of primary amides is 1. The third-order valence-corrected chi connectivity index (χ3v) is 4.98. The van der Waals surface area contributed by atoms with Crippen molar-refractivity contribution in [3.63, 3.8) is 0 Å². The number of hydrogen-bond donors (Lipinski definition) is 1. The van der Waals surface area contributed by atoms with Crippen molar-refractivity contribution in [3.05, 3.63) is 24.3 Å². The molecule has 0 heterocycles. The molecule has 18 heavy (non-hydrogen) atoms. The summed E-state index contributed by atoms with van der Waals surface area (Å²) in [4.78, 5) is 11.4. The van der Waals surface area contributed by atoms with Crippen LogP contribution in [0.2, 0.25) is 0 Å². The number of nitrogens with two attached hydrogens (primary N) is 1. The third kappa shape index (κ3) is 2.81. The van der Waals surface area contributed by atoms with Crippen LogP contribution in [0, 0.1) is 5.92 Å². The van der Waals surface area contributed by atoms with Gasteiger partial charge >= 0.3 is 0 Å². The summed E-state index contributed by atoms with van der Waals surface area (Å²) in [5.41, 5.74) is 5.17. The summed E-state index contributed by atoms with van der Waals surface area (Å²) in [6, 6.07) is 5.88. The monoisotopic (exact) mass is 271 g/mol. The number of methoxy groups -OCH3 is 1. The Labute approximate surface area is 107 Å². The van der Waals surface area contributed by atoms with Crippen LogP contribution in [0.15, 0.2) is 29.2 Å². The first-order chi connectivity index (χ1) is 8.30. The summed E-state index contributed by atoms with van der Waals surface area (Å²) in [6.45, 7) is 3.30. The van der Waals surface area contributed by atoms with Crippen molar-refractivity contribution in [2.24, 2.45) is 11.7 Å². The quantitative estimate of drug-likeness (QED) is 0.864. The van der Waals surface area contributed by atoms with Gasteiger partial charge in [-0.25, -0.2) is 8.42 Å². The molecular formula is C12H17NO4S. The van der Waals surface area contributed by atoms with E-state index in [1.807, 2.05) is 0 Å². The van der Waals surface area contributed by atoms with Gasteiger partial charge in [0.05, 0.1) is 12.0 Å². The molecule has 0 aliphatic carbocycles. The molecule has 100 valence electrons. The van der Waals surface area contributed by atoms with Crippen LogP contribution in [0.25, 0.3) is 0 Å². The Morgan fingerprint density at radius 3 is 2.06 bits per heavy atom. The minimum Gasteiger partial charge on any atom is -0.497 e. The van der Waals surface area contributed by atoms with Gasteiger partial charge in [-0.05, 0) is 30.2 Å². The van der Waals surface area contributed by atoms with Gasteiger partial charge in [0.1, 0.15) is 11.0 Å². The molecule has 6 heteroatoms. The van der Waals surface area contributed by atoms with E-state index in [1.54, 1.807) is 13.8 Å². The van der Waals surface area contributed by atoms with Crippen LogP contribution in [-0.4, -0.2) is 26.7 Å². The van der Waals surface area contributed by atoms with Gasteiger partial charge in [-0.3, -0.25) is 4.79 Å². The molecule has 1 atom stereocenters. The van der Waals surface area contributed by atoms with Crippen molar-refractivity contribution in [2.45, 2.75) is 24.0 Å². The molecule has 0 spiro atoms. The maximum atomic E-state index is 12.3. The van der Waals surface area contributed by atoms with Crippen LogP contribution < -0.4 is 10.5 Å². The van der Waals surface area contributed by atoms with Crippen LogP contribution in [0.5, 0.6) is 5.75 Å². The Balaban J connectivity index is 3.22. The Hall–Kier alpha value is -1.56. The zero-order valence-electron chi connectivity index (χ0n) is 10.6. The zero-order valence-corrected chi connectivity index (χ0v) is 11.4. The molecule has 0 aromatic heterocycles. The Kier molecular flexibility index (Phi) is 4.34. The lowest BCUT2D eigenvalue weighted by atomic mass is 10.1. The summed E-state index contributed by atoms with van der Waals surface area (Å²) in [6.07, 6.45) is 0. The number of carbonyl (C=O) groups excluding carboxylic acids is 1. The SMILES string of the molecule is COc1ccc(S(=O)(=O)C(C(N)=O)C(C)C)cc1. The smallest absolute Gasteiger partial charge is 0.236 e. The molecule has 0 radical (unpaired) electrons. The molecule has 1 aromatic rings. The number of ether oxygens (including phenoxy) is 1. The van der Waals surface area contributed by atoms with E-state index in [4.69, 9.17) is 10.5 Å². The molecule has 1 rings (SSSR count). The lowest BCUT2D eigenvalue weighted by Gasteiger charge is -2.18. The Morgan fingerprint density at radius 2 is 1.72 bits per heavy atom. The number of amides is 1. The van der Waals surface area contributed by atoms with Crippen molar-refractivity contribution in [1.82, 2.24) is 0 Å². The first-order valence-electron chi connectivity index (χ1n) is 5.48. The largest absolute Gasteiger partial charge is 0.497 e. The molecule has 0 saturated carbocycles. The van der Waals surface area contributed by atoms with E-state index in [0.717, 1.165) is 0 Å². The van der Waals surface area contributed by atoms with Crippen LogP contribution in [0.1, 0.15) is 13.8 Å². The second kappa shape index (κ2) is 5.39. The number of rotatable bonds is 5. The van der Waals surface area contributed by atoms with Crippen molar-refractivity contribution in [2.75, 3.05) is 7.11 Å². The van der Waals surface area contributed by atoms with Crippen molar-refractivity contribution < 1.29 is 17.9 Å². The molecule has 0 fully saturated rings. The molecule has 0 bridgehead atoms. The van der Waals surface area contributed by atoms with E-state index in [1.165, 1.54) is 31.4 Å². The summed E-state index contributed by atoms with van der Waals surface area (Å²) < 4.78 is 29.5. The van der Waals surface area contributed by atoms with E-state index in [0.29, 0.717) is 5.75 Å². The van der Waals surface area contributed by atoms with Gasteiger partial charge in [-0.2, -0.15) is 0 Å². The van der Waals surface area contributed by atoms with E-state index < -0.39 is 21.0 Å². The molecule has 1 aromatic carbocycles. The van der Waals surface area contributed by atoms with Gasteiger partial charge in [0, 0.05) is 0 Å². The maximum Gasteiger partial charge on any atom is 0.236 e. The van der Waals surface area contributed by atoms with Gasteiger partial charge in [-0.1, -0.05) is 13.8 Å². The van der Waals surface area contributed by atoms with Gasteiger partial charge in [0.15, 0.2) is 9.84 Å². The molecule has 0 saturated heterocycles. The summed E-state index contributed by atoms with van der Waals surface area (Å²) in [7, 11) is -2.26. The van der Waals surface area contributed by atoms with Gasteiger partial charge in [-0.15, -0.1) is 0 Å². The number of sulfone groups is 1. The molecule has 1 unspecified atom stereocenters. The predicted octanol–water partition coefficient (Wildman–Crippen LogP) is 0.979. The van der Waals surface area contributed by atoms with Crippen molar-refractivity contribution in [1.29, 1.82) is 0 Å². The summed E-state index contributed by atoms with van der Waals surface area (Å²) in [5.74, 6) is -0.662. The fraction of sp³-hybridized carbons (Fsp3) is 0.417. The first-order valence-corrected chi connectivity index (χ1v) is 7.02. The van der Waals surface area contributed by atoms with Crippen molar-refractivity contribution >= 4 is 15.7 Å². The molecular weight excluding hydrogens is 254 g/mol. The van der Waals surface area contributed by atoms with E-state index in [9.17, 15) is 13.2 Å². The second-order valence-electron chi connectivity index (χ2n) is 4.29. The van der Waals surface area contributed by atoms with E-state index in [2.05, 4.69) is 0 Å². The van der Waals surface area contributed by atoms with E-state index >= 15 is 0 Å². The van der Waals surface area contributed by atoms with Gasteiger partial charge in [0.25, 0.3) is 0 Å². The highest BCUT2D eigenvalue weighted by Gasteiger charge is 2.34. The summed E-state index contributed by atoms with van der Waals surface area (Å²) >= 11 is 0. The van der Waals surface area contributed by atoms with Gasteiger partial charge in [0.2, 0.25) is 5.91 Å². The number of hydrogen-bond acceptors (Lipinski definition) is 4. The molecule has 1 amide bonds. The average molecular weight is 271 g/mol. The standard InChI is InChI=1S/C12H17NO4S/c1-8(2)11(12(13)14)18(15,16)10-6-4-9(17-3)5-7-10/h4-8,11H,1-3H3,(H2,13,14). The molecule has 0 aliphatic heterocycles. The Bertz CT molecular complexity index is 520. The van der Waals surface area contributed by atoms with Gasteiger partial charge < -0.3 is 10.5 Å². The first kappa shape index (κ1) is 14.5. The highest BCUT2D eigenvalue weighted by Crippen LogP contribution is 2.23. The molecule has 5 nitrogen and oxygen atoms in total. The van der Waals surface area contributed by atoms with Crippen LogP contribution in [0.3, 0.4) is 0 Å². The summed E-state index contributed by atoms with van der Waals surface area (Å²) in [5, 5.41) is -1.22. The predicted molar refractivity (Wildman–Crippen MR) is 68.0 cm³/mol. The topological polar surface area (TPSA) is 86.5 Å². The highest BCUT2D eigenvalue weighted by molar-refractivity contribution is 7.92. The fourth-order valence-corrected chi connectivity index (χ4v) is 3.58. The fourth-order valence-electron chi connectivity index (χ4n) is 1.75. The number of carbonyl (C=O) groups is 1. The van der Waals surface area contributed by atoms with Crippen LogP contribution in [-0.2, 0) is 14.6 Å². The zero-order chi connectivity index (χ0) is 13.9. The lowest BCUT2D eigenvalue weighted by Crippen LogP contribution is -2.39. The molecule has 0 aliphatic rings. The normalized spacial score (nSPS) is 13.3. The highest BCUT2D eigenvalue weighted by atomic mass is 32.2. The van der Waals surface area contributed by atoms with Crippen LogP contribution in [0.4, 0.5) is 0 Å². The third-order valence-electron chi connectivity index (χ3n) is 2.61. The second-order valence-corrected chi connectivity index (χ2v) is 6.36. The lowest BCUT2D eigenvalue weighted by molar-refractivity contribution is -0.118. The molecule has 2 N–H and O–H groups in total. The van der Waals surface area contributed by atoms with E-state index in [-0.39, 0.29) is 10.8 Å². The average Bonchev–Trinajstić information content (AvgIpc) is 2.27. The Morgan fingerprint density at radius 1 is 1.22 bits per heavy atom. The number of benzene rings is 1. The maximum absolute atomic E-state index is 12.3. The minimum absolute atomic E-state index is 0.0702.